The van der Waals surface area contributed by atoms with Gasteiger partial charge < -0.3 is 25.2 Å². The Morgan fingerprint density at radius 1 is 1.06 bits per heavy atom. The van der Waals surface area contributed by atoms with E-state index < -0.39 is 6.10 Å². The van der Waals surface area contributed by atoms with E-state index in [0.717, 1.165) is 24.3 Å². The van der Waals surface area contributed by atoms with E-state index in [-0.39, 0.29) is 18.0 Å². The van der Waals surface area contributed by atoms with Crippen LogP contribution in [0.2, 0.25) is 0 Å². The second-order valence-corrected chi connectivity index (χ2v) is 9.26. The van der Waals surface area contributed by atoms with Crippen molar-refractivity contribution >= 4 is 0 Å². The van der Waals surface area contributed by atoms with E-state index in [1.165, 1.54) is 22.8 Å². The summed E-state index contributed by atoms with van der Waals surface area (Å²) in [6, 6.07) is 10.9. The lowest BCUT2D eigenvalue weighted by atomic mass is 9.62. The van der Waals surface area contributed by atoms with Gasteiger partial charge in [0.15, 0.2) is 0 Å². The predicted molar refractivity (Wildman–Crippen MR) is 128 cm³/mol. The molecule has 176 valence electrons. The number of nitrogens with one attached hydrogen (secondary N) is 2. The molecular weight excluding hydrogens is 419 g/mol. The Morgan fingerprint density at radius 3 is 2.42 bits per heavy atom. The minimum absolute atomic E-state index is 0.231. The van der Waals surface area contributed by atoms with Crippen LogP contribution in [0.3, 0.4) is 0 Å². The molecule has 0 spiro atoms. The minimum Gasteiger partial charge on any atom is -0.492 e. The van der Waals surface area contributed by atoms with Gasteiger partial charge in [-0.25, -0.2) is 4.39 Å². The monoisotopic (exact) mass is 452 g/mol. The highest BCUT2D eigenvalue weighted by molar-refractivity contribution is 5.37. The second kappa shape index (κ2) is 9.57. The number of aliphatic hydroxyl groups is 1. The molecule has 3 aliphatic carbocycles. The summed E-state index contributed by atoms with van der Waals surface area (Å²) in [6.07, 6.45) is 1.66. The van der Waals surface area contributed by atoms with Crippen LogP contribution >= 0.6 is 0 Å². The maximum absolute atomic E-state index is 13.7. The first-order valence-electron chi connectivity index (χ1n) is 11.4. The van der Waals surface area contributed by atoms with Crippen LogP contribution in [0.1, 0.15) is 36.0 Å². The van der Waals surface area contributed by atoms with Crippen LogP contribution < -0.4 is 20.1 Å². The van der Waals surface area contributed by atoms with Gasteiger partial charge in [0.25, 0.3) is 0 Å². The molecule has 1 unspecified atom stereocenters. The summed E-state index contributed by atoms with van der Waals surface area (Å²) in [4.78, 5) is 0. The fraction of sp³-hybridized carbons (Fsp3) is 0.407. The van der Waals surface area contributed by atoms with E-state index in [2.05, 4.69) is 43.2 Å². The summed E-state index contributed by atoms with van der Waals surface area (Å²) in [7, 11) is 0. The SMILES string of the molecule is C=C(COc1ccc(C)c(F)c1)NC1=C2CC(NCCOc3ccc(C)c(C)c3)(C2)C(O)C1. The predicted octanol–water partition coefficient (Wildman–Crippen LogP) is 4.45. The van der Waals surface area contributed by atoms with Crippen LogP contribution in [0.25, 0.3) is 0 Å². The highest BCUT2D eigenvalue weighted by atomic mass is 19.1. The molecule has 1 saturated carbocycles. The van der Waals surface area contributed by atoms with Crippen molar-refractivity contribution in [1.82, 2.24) is 10.6 Å². The second-order valence-electron chi connectivity index (χ2n) is 9.26. The molecule has 0 radical (unpaired) electrons. The third-order valence-electron chi connectivity index (χ3n) is 6.73. The molecule has 0 saturated heterocycles. The average Bonchev–Trinajstić information content (AvgIpc) is 2.75. The Hall–Kier alpha value is -2.83. The fourth-order valence-corrected chi connectivity index (χ4v) is 4.43. The molecule has 6 heteroatoms. The van der Waals surface area contributed by atoms with Crippen LogP contribution in [0.5, 0.6) is 11.5 Å². The van der Waals surface area contributed by atoms with Gasteiger partial charge in [-0.05, 0) is 74.1 Å². The normalized spacial score (nSPS) is 21.4. The van der Waals surface area contributed by atoms with Crippen LogP contribution in [0.15, 0.2) is 59.9 Å². The molecular formula is C27H33FN2O3. The van der Waals surface area contributed by atoms with E-state index in [1.54, 1.807) is 19.1 Å². The van der Waals surface area contributed by atoms with E-state index in [1.807, 2.05) is 6.07 Å². The topological polar surface area (TPSA) is 62.8 Å². The number of rotatable bonds is 10. The first kappa shape index (κ1) is 23.3. The maximum atomic E-state index is 13.7. The highest BCUT2D eigenvalue weighted by Gasteiger charge is 2.51. The molecule has 2 aromatic carbocycles. The van der Waals surface area contributed by atoms with Crippen molar-refractivity contribution in [3.05, 3.63) is 82.5 Å². The Morgan fingerprint density at radius 2 is 1.76 bits per heavy atom. The number of aryl methyl sites for hydroxylation is 3. The molecule has 0 aliphatic heterocycles. The summed E-state index contributed by atoms with van der Waals surface area (Å²) in [5.41, 5.74) is 5.77. The van der Waals surface area contributed by atoms with Crippen molar-refractivity contribution in [2.75, 3.05) is 19.8 Å². The highest BCUT2D eigenvalue weighted by Crippen LogP contribution is 2.47. The van der Waals surface area contributed by atoms with Gasteiger partial charge in [0.2, 0.25) is 0 Å². The average molecular weight is 453 g/mol. The van der Waals surface area contributed by atoms with Gasteiger partial charge in [-0.15, -0.1) is 0 Å². The lowest BCUT2D eigenvalue weighted by molar-refractivity contribution is 0.0153. The smallest absolute Gasteiger partial charge is 0.129 e. The number of benzene rings is 2. The fourth-order valence-electron chi connectivity index (χ4n) is 4.43. The van der Waals surface area contributed by atoms with Gasteiger partial charge in [0.05, 0.1) is 11.6 Å². The standard InChI is InChI=1S/C27H33FN2O3/c1-17-5-7-22(11-19(17)3)32-10-9-29-27-14-21(15-27)25(13-26(27)31)30-20(4)16-33-23-8-6-18(2)24(28)12-23/h5-8,11-12,26,29-31H,4,9-10,13-16H2,1-3H3. The lowest BCUT2D eigenvalue weighted by Crippen LogP contribution is -2.64. The molecule has 5 nitrogen and oxygen atoms in total. The molecule has 0 amide bonds. The Kier molecular flexibility index (Phi) is 6.77. The molecule has 3 N–H and O–H groups in total. The number of hydrogen-bond acceptors (Lipinski definition) is 5. The Bertz CT molecular complexity index is 1070. The summed E-state index contributed by atoms with van der Waals surface area (Å²) < 4.78 is 25.2. The zero-order chi connectivity index (χ0) is 23.6. The van der Waals surface area contributed by atoms with Crippen molar-refractivity contribution in [3.8, 4) is 11.5 Å². The first-order chi connectivity index (χ1) is 15.8. The number of ether oxygens (including phenoxy) is 2. The molecule has 0 heterocycles. The van der Waals surface area contributed by atoms with Gasteiger partial charge in [0.1, 0.15) is 30.5 Å². The summed E-state index contributed by atoms with van der Waals surface area (Å²) in [6.45, 7) is 11.4. The van der Waals surface area contributed by atoms with Gasteiger partial charge in [-0.2, -0.15) is 0 Å². The zero-order valence-electron chi connectivity index (χ0n) is 19.6. The van der Waals surface area contributed by atoms with Crippen LogP contribution in [0.4, 0.5) is 4.39 Å². The molecule has 2 aromatic rings. The molecule has 3 aliphatic rings. The van der Waals surface area contributed by atoms with E-state index in [9.17, 15) is 9.50 Å². The lowest BCUT2D eigenvalue weighted by Gasteiger charge is -2.53. The number of aliphatic hydroxyl groups excluding tert-OH is 1. The first-order valence-corrected chi connectivity index (χ1v) is 11.4. The summed E-state index contributed by atoms with van der Waals surface area (Å²) in [5, 5.41) is 17.6. The molecule has 0 aromatic heterocycles. The van der Waals surface area contributed by atoms with Crippen LogP contribution in [0, 0.1) is 26.6 Å². The van der Waals surface area contributed by atoms with Gasteiger partial charge in [-0.3, -0.25) is 0 Å². The van der Waals surface area contributed by atoms with Crippen molar-refractivity contribution in [2.24, 2.45) is 0 Å². The molecule has 5 rings (SSSR count). The number of halogens is 1. The molecule has 1 atom stereocenters. The van der Waals surface area contributed by atoms with Crippen molar-refractivity contribution in [1.29, 1.82) is 0 Å². The third-order valence-corrected chi connectivity index (χ3v) is 6.73. The van der Waals surface area contributed by atoms with Crippen LogP contribution in [-0.2, 0) is 0 Å². The van der Waals surface area contributed by atoms with E-state index >= 15 is 0 Å². The Balaban J connectivity index is 1.23. The number of fused-ring (bicyclic) bond motifs is 2. The van der Waals surface area contributed by atoms with E-state index in [4.69, 9.17) is 9.47 Å². The molecule has 33 heavy (non-hydrogen) atoms. The maximum Gasteiger partial charge on any atom is 0.129 e. The molecule has 1 fully saturated rings. The minimum atomic E-state index is -0.487. The summed E-state index contributed by atoms with van der Waals surface area (Å²) >= 11 is 0. The van der Waals surface area contributed by atoms with Crippen molar-refractivity contribution in [3.63, 3.8) is 0 Å². The summed E-state index contributed by atoms with van der Waals surface area (Å²) in [5.74, 6) is 1.05. The van der Waals surface area contributed by atoms with Crippen molar-refractivity contribution < 1.29 is 19.0 Å². The largest absolute Gasteiger partial charge is 0.492 e. The van der Waals surface area contributed by atoms with Gasteiger partial charge in [-0.1, -0.05) is 18.7 Å². The van der Waals surface area contributed by atoms with Gasteiger partial charge in [0, 0.05) is 30.4 Å². The quantitative estimate of drug-likeness (QED) is 0.465. The van der Waals surface area contributed by atoms with Crippen molar-refractivity contribution in [2.45, 2.75) is 51.7 Å². The third kappa shape index (κ3) is 5.23. The zero-order valence-corrected chi connectivity index (χ0v) is 19.6. The Labute approximate surface area is 195 Å². The van der Waals surface area contributed by atoms with Gasteiger partial charge >= 0.3 is 0 Å². The van der Waals surface area contributed by atoms with Crippen LogP contribution in [-0.4, -0.2) is 36.5 Å². The molecule has 2 bridgehead atoms. The van der Waals surface area contributed by atoms with E-state index in [0.29, 0.717) is 36.6 Å². The number of hydrogen-bond donors (Lipinski definition) is 3.